The molecule has 0 amide bonds. The van der Waals surface area contributed by atoms with Crippen molar-refractivity contribution < 1.29 is 13.2 Å². The van der Waals surface area contributed by atoms with Crippen molar-refractivity contribution >= 4 is 27.5 Å². The van der Waals surface area contributed by atoms with Crippen LogP contribution in [0.4, 0.5) is 13.2 Å². The van der Waals surface area contributed by atoms with Crippen molar-refractivity contribution in [3.8, 4) is 0 Å². The van der Waals surface area contributed by atoms with Crippen molar-refractivity contribution in [3.05, 3.63) is 33.3 Å². The van der Waals surface area contributed by atoms with Gasteiger partial charge in [0, 0.05) is 22.0 Å². The van der Waals surface area contributed by atoms with Crippen LogP contribution in [0.3, 0.4) is 0 Å². The third-order valence-corrected chi connectivity index (χ3v) is 3.13. The van der Waals surface area contributed by atoms with Gasteiger partial charge in [-0.25, -0.2) is 0 Å². The van der Waals surface area contributed by atoms with Gasteiger partial charge in [-0.05, 0) is 36.7 Å². The van der Waals surface area contributed by atoms with E-state index in [0.717, 1.165) is 10.0 Å². The summed E-state index contributed by atoms with van der Waals surface area (Å²) in [5.41, 5.74) is 0.764. The molecular weight excluding hydrogens is 330 g/mol. The maximum Gasteiger partial charge on any atom is 0.389 e. The fourth-order valence-corrected chi connectivity index (χ4v) is 2.60. The maximum atomic E-state index is 12.3. The van der Waals surface area contributed by atoms with E-state index in [9.17, 15) is 13.2 Å². The van der Waals surface area contributed by atoms with Gasteiger partial charge in [0.15, 0.2) is 0 Å². The zero-order chi connectivity index (χ0) is 13.8. The number of hydrogen-bond acceptors (Lipinski definition) is 1. The zero-order valence-electron chi connectivity index (χ0n) is 9.82. The van der Waals surface area contributed by atoms with Gasteiger partial charge in [0.05, 0.1) is 0 Å². The Bertz CT molecular complexity index is 375. The van der Waals surface area contributed by atoms with Crippen molar-refractivity contribution in [2.24, 2.45) is 0 Å². The summed E-state index contributed by atoms with van der Waals surface area (Å²) >= 11 is 9.19. The van der Waals surface area contributed by atoms with E-state index in [0.29, 0.717) is 11.6 Å². The Morgan fingerprint density at radius 1 is 1.33 bits per heavy atom. The summed E-state index contributed by atoms with van der Waals surface area (Å²) in [5, 5.41) is 3.56. The molecule has 0 radical (unpaired) electrons. The van der Waals surface area contributed by atoms with Crippen LogP contribution in [0.2, 0.25) is 5.02 Å². The zero-order valence-corrected chi connectivity index (χ0v) is 12.2. The number of halogens is 5. The summed E-state index contributed by atoms with van der Waals surface area (Å²) in [4.78, 5) is 0. The summed E-state index contributed by atoms with van der Waals surface area (Å²) in [6.45, 7) is 2.47. The summed E-state index contributed by atoms with van der Waals surface area (Å²) in [5.74, 6) is 0. The molecule has 1 aromatic rings. The van der Waals surface area contributed by atoms with Gasteiger partial charge in [-0.2, -0.15) is 13.2 Å². The monoisotopic (exact) mass is 343 g/mol. The summed E-state index contributed by atoms with van der Waals surface area (Å²) in [6, 6.07) is 4.84. The highest BCUT2D eigenvalue weighted by atomic mass is 79.9. The minimum Gasteiger partial charge on any atom is -0.310 e. The lowest BCUT2D eigenvalue weighted by Gasteiger charge is -2.19. The molecule has 1 nitrogen and oxygen atoms in total. The van der Waals surface area contributed by atoms with Gasteiger partial charge < -0.3 is 5.32 Å². The molecule has 0 aliphatic rings. The Kier molecular flexibility index (Phi) is 5.95. The molecular formula is C12H14BrClF3N. The molecule has 18 heavy (non-hydrogen) atoms. The number of hydrogen-bond donors (Lipinski definition) is 1. The Labute approximate surface area is 118 Å². The van der Waals surface area contributed by atoms with E-state index in [1.54, 1.807) is 18.2 Å². The quantitative estimate of drug-likeness (QED) is 0.784. The first-order valence-electron chi connectivity index (χ1n) is 5.58. The first-order chi connectivity index (χ1) is 8.31. The van der Waals surface area contributed by atoms with Crippen LogP contribution < -0.4 is 5.32 Å². The van der Waals surface area contributed by atoms with Crippen molar-refractivity contribution in [2.75, 3.05) is 6.54 Å². The lowest BCUT2D eigenvalue weighted by molar-refractivity contribution is -0.136. The minimum absolute atomic E-state index is 0.00409. The van der Waals surface area contributed by atoms with Crippen LogP contribution in [-0.2, 0) is 0 Å². The lowest BCUT2D eigenvalue weighted by Crippen LogP contribution is -2.23. The second-order valence-corrected chi connectivity index (χ2v) is 5.32. The predicted octanol–water partition coefficient (Wildman–Crippen LogP) is 5.10. The number of benzene rings is 1. The van der Waals surface area contributed by atoms with Gasteiger partial charge in [0.25, 0.3) is 0 Å². The molecule has 0 bridgehead atoms. The van der Waals surface area contributed by atoms with Crippen LogP contribution in [0.1, 0.15) is 31.4 Å². The molecule has 1 atom stereocenters. The second kappa shape index (κ2) is 6.78. The normalized spacial score (nSPS) is 13.7. The second-order valence-electron chi connectivity index (χ2n) is 3.97. The number of alkyl halides is 3. The molecule has 1 aromatic carbocycles. The third-order valence-electron chi connectivity index (χ3n) is 2.45. The van der Waals surface area contributed by atoms with Crippen LogP contribution in [0.5, 0.6) is 0 Å². The molecule has 0 saturated carbocycles. The molecule has 0 heterocycles. The largest absolute Gasteiger partial charge is 0.389 e. The highest BCUT2D eigenvalue weighted by molar-refractivity contribution is 9.10. The molecule has 0 saturated heterocycles. The molecule has 1 N–H and O–H groups in total. The molecule has 102 valence electrons. The molecule has 6 heteroatoms. The van der Waals surface area contributed by atoms with E-state index in [2.05, 4.69) is 21.2 Å². The van der Waals surface area contributed by atoms with E-state index in [-0.39, 0.29) is 12.5 Å². The Morgan fingerprint density at radius 2 is 2.00 bits per heavy atom. The average Bonchev–Trinajstić information content (AvgIpc) is 2.21. The molecule has 0 aliphatic carbocycles. The van der Waals surface area contributed by atoms with Gasteiger partial charge in [0.2, 0.25) is 0 Å². The molecule has 1 rings (SSSR count). The van der Waals surface area contributed by atoms with Crippen LogP contribution in [0, 0.1) is 0 Å². The van der Waals surface area contributed by atoms with Gasteiger partial charge in [-0.15, -0.1) is 0 Å². The smallest absolute Gasteiger partial charge is 0.310 e. The van der Waals surface area contributed by atoms with E-state index in [4.69, 9.17) is 11.6 Å². The van der Waals surface area contributed by atoms with Crippen LogP contribution in [-0.4, -0.2) is 12.7 Å². The Morgan fingerprint density at radius 3 is 2.50 bits per heavy atom. The molecule has 0 aliphatic heterocycles. The van der Waals surface area contributed by atoms with E-state index in [1.165, 1.54) is 0 Å². The first-order valence-corrected chi connectivity index (χ1v) is 6.75. The van der Waals surface area contributed by atoms with Crippen molar-refractivity contribution in [1.82, 2.24) is 5.32 Å². The molecule has 0 spiro atoms. The fourth-order valence-electron chi connectivity index (χ4n) is 1.72. The van der Waals surface area contributed by atoms with E-state index < -0.39 is 12.6 Å². The maximum absolute atomic E-state index is 12.3. The summed E-state index contributed by atoms with van der Waals surface area (Å²) in [6.07, 6.45) is -4.94. The average molecular weight is 345 g/mol. The fraction of sp³-hybridized carbons (Fsp3) is 0.500. The van der Waals surface area contributed by atoms with Gasteiger partial charge in [0.1, 0.15) is 0 Å². The molecule has 1 unspecified atom stereocenters. The van der Waals surface area contributed by atoms with Crippen molar-refractivity contribution in [1.29, 1.82) is 0 Å². The first kappa shape index (κ1) is 15.8. The van der Waals surface area contributed by atoms with Gasteiger partial charge in [-0.3, -0.25) is 0 Å². The van der Waals surface area contributed by atoms with Gasteiger partial charge in [-0.1, -0.05) is 34.5 Å². The summed E-state index contributed by atoms with van der Waals surface area (Å²) < 4.78 is 37.6. The molecule has 0 fully saturated rings. The van der Waals surface area contributed by atoms with Crippen LogP contribution >= 0.6 is 27.5 Å². The standard InChI is InChI=1S/C12H14BrClF3N/c1-2-18-11(3-4-12(15,16)17)8-5-9(13)7-10(14)6-8/h5-7,11,18H,2-4H2,1H3. The minimum atomic E-state index is -4.14. The molecule has 0 aromatic heterocycles. The van der Waals surface area contributed by atoms with Crippen LogP contribution in [0.25, 0.3) is 0 Å². The highest BCUT2D eigenvalue weighted by Gasteiger charge is 2.28. The summed E-state index contributed by atoms with van der Waals surface area (Å²) in [7, 11) is 0. The SMILES string of the molecule is CCNC(CCC(F)(F)F)c1cc(Cl)cc(Br)c1. The number of rotatable bonds is 5. The lowest BCUT2D eigenvalue weighted by atomic mass is 10.0. The van der Waals surface area contributed by atoms with Gasteiger partial charge >= 0.3 is 6.18 Å². The topological polar surface area (TPSA) is 12.0 Å². The Hall–Kier alpha value is -0.260. The van der Waals surface area contributed by atoms with E-state index in [1.807, 2.05) is 6.92 Å². The third kappa shape index (κ3) is 5.59. The van der Waals surface area contributed by atoms with Crippen LogP contribution in [0.15, 0.2) is 22.7 Å². The Balaban J connectivity index is 2.83. The van der Waals surface area contributed by atoms with Crippen molar-refractivity contribution in [2.45, 2.75) is 32.0 Å². The van der Waals surface area contributed by atoms with Crippen molar-refractivity contribution in [3.63, 3.8) is 0 Å². The predicted molar refractivity (Wildman–Crippen MR) is 70.9 cm³/mol. The highest BCUT2D eigenvalue weighted by Crippen LogP contribution is 2.30. The number of nitrogens with one attached hydrogen (secondary N) is 1. The van der Waals surface area contributed by atoms with E-state index >= 15 is 0 Å².